The smallest absolute Gasteiger partial charge is 0.326 e. The summed E-state index contributed by atoms with van der Waals surface area (Å²) in [5, 5.41) is 3.05. The average molecular weight is 330 g/mol. The van der Waals surface area contributed by atoms with E-state index in [-0.39, 0.29) is 23.8 Å². The van der Waals surface area contributed by atoms with Crippen molar-refractivity contribution in [1.29, 1.82) is 0 Å². The van der Waals surface area contributed by atoms with Gasteiger partial charge in [0, 0.05) is 25.2 Å². The van der Waals surface area contributed by atoms with Crippen molar-refractivity contribution in [3.63, 3.8) is 0 Å². The first-order valence-corrected chi connectivity index (χ1v) is 8.72. The predicted octanol–water partition coefficient (Wildman–Crippen LogP) is 2.72. The van der Waals surface area contributed by atoms with Crippen LogP contribution in [0, 0.1) is 5.92 Å². The van der Waals surface area contributed by atoms with Gasteiger partial charge in [0.05, 0.1) is 11.0 Å². The van der Waals surface area contributed by atoms with Crippen LogP contribution in [0.3, 0.4) is 0 Å². The van der Waals surface area contributed by atoms with E-state index in [0.29, 0.717) is 19.0 Å². The summed E-state index contributed by atoms with van der Waals surface area (Å²) in [6, 6.07) is 8.06. The van der Waals surface area contributed by atoms with Crippen molar-refractivity contribution in [2.45, 2.75) is 45.7 Å². The topological polar surface area (TPSA) is 70.1 Å². The van der Waals surface area contributed by atoms with Crippen molar-refractivity contribution < 1.29 is 4.79 Å². The first-order valence-electron chi connectivity index (χ1n) is 8.72. The number of aromatic amines is 1. The molecule has 1 atom stereocenters. The minimum atomic E-state index is -0.0625. The quantitative estimate of drug-likeness (QED) is 0.908. The van der Waals surface area contributed by atoms with Crippen LogP contribution < -0.4 is 11.0 Å². The van der Waals surface area contributed by atoms with Crippen LogP contribution in [0.2, 0.25) is 0 Å². The van der Waals surface area contributed by atoms with Crippen LogP contribution in [0.4, 0.5) is 4.79 Å². The third-order valence-corrected chi connectivity index (χ3v) is 5.09. The Morgan fingerprint density at radius 2 is 1.88 bits per heavy atom. The second-order valence-electron chi connectivity index (χ2n) is 7.02. The summed E-state index contributed by atoms with van der Waals surface area (Å²) < 4.78 is 1.85. The van der Waals surface area contributed by atoms with Crippen LogP contribution >= 0.6 is 0 Å². The van der Waals surface area contributed by atoms with Crippen molar-refractivity contribution >= 4 is 17.1 Å². The van der Waals surface area contributed by atoms with Gasteiger partial charge in [0.25, 0.3) is 0 Å². The van der Waals surface area contributed by atoms with Crippen molar-refractivity contribution in [1.82, 2.24) is 19.8 Å². The van der Waals surface area contributed by atoms with E-state index in [4.69, 9.17) is 0 Å². The largest absolute Gasteiger partial charge is 0.335 e. The van der Waals surface area contributed by atoms with Gasteiger partial charge in [-0.2, -0.15) is 0 Å². The molecule has 1 aromatic carbocycles. The lowest BCUT2D eigenvalue weighted by Gasteiger charge is -2.33. The first kappa shape index (κ1) is 16.6. The Balaban J connectivity index is 1.68. The highest BCUT2D eigenvalue weighted by molar-refractivity contribution is 5.75. The van der Waals surface area contributed by atoms with Gasteiger partial charge in [-0.25, -0.2) is 9.59 Å². The van der Waals surface area contributed by atoms with Crippen LogP contribution in [0.5, 0.6) is 0 Å². The molecule has 3 rings (SSSR count). The van der Waals surface area contributed by atoms with Crippen molar-refractivity contribution in [3.8, 4) is 0 Å². The van der Waals surface area contributed by atoms with Crippen LogP contribution in [0.1, 0.15) is 39.7 Å². The number of hydrogen-bond acceptors (Lipinski definition) is 2. The van der Waals surface area contributed by atoms with E-state index in [1.54, 1.807) is 0 Å². The van der Waals surface area contributed by atoms with Gasteiger partial charge in [0.2, 0.25) is 0 Å². The Morgan fingerprint density at radius 1 is 1.21 bits per heavy atom. The molecule has 2 heterocycles. The molecular weight excluding hydrogens is 304 g/mol. The highest BCUT2D eigenvalue weighted by Crippen LogP contribution is 2.24. The molecule has 2 amide bonds. The molecule has 1 fully saturated rings. The monoisotopic (exact) mass is 330 g/mol. The van der Waals surface area contributed by atoms with Gasteiger partial charge in [-0.05, 0) is 37.8 Å². The molecule has 130 valence electrons. The minimum Gasteiger partial charge on any atom is -0.335 e. The highest BCUT2D eigenvalue weighted by Gasteiger charge is 2.26. The van der Waals surface area contributed by atoms with Gasteiger partial charge < -0.3 is 15.2 Å². The average Bonchev–Trinajstić information content (AvgIpc) is 2.90. The molecule has 0 saturated carbocycles. The maximum absolute atomic E-state index is 12.3. The van der Waals surface area contributed by atoms with Crippen molar-refractivity contribution in [2.75, 3.05) is 13.1 Å². The number of para-hydroxylation sites is 2. The molecule has 0 aliphatic carbocycles. The number of aromatic nitrogens is 2. The number of nitrogens with one attached hydrogen (secondary N) is 2. The van der Waals surface area contributed by atoms with E-state index < -0.39 is 0 Å². The molecule has 2 N–H and O–H groups in total. The Kier molecular flexibility index (Phi) is 4.64. The lowest BCUT2D eigenvalue weighted by molar-refractivity contribution is 0.166. The van der Waals surface area contributed by atoms with Gasteiger partial charge in [0.15, 0.2) is 0 Å². The van der Waals surface area contributed by atoms with Crippen LogP contribution in [-0.2, 0) is 0 Å². The van der Waals surface area contributed by atoms with E-state index in [1.165, 1.54) is 0 Å². The second kappa shape index (κ2) is 6.71. The molecule has 0 spiro atoms. The standard InChI is InChI=1S/C18H26N4O2/c1-12(2)13(3)19-17(23)21-10-8-14(9-11-21)22-16-7-5-4-6-15(16)20-18(22)24/h4-7,12-14H,8-11H2,1-3H3,(H,19,23)(H,20,24). The van der Waals surface area contributed by atoms with Crippen LogP contribution in [-0.4, -0.2) is 39.6 Å². The number of amides is 2. The van der Waals surface area contributed by atoms with Gasteiger partial charge in [0.1, 0.15) is 0 Å². The summed E-state index contributed by atoms with van der Waals surface area (Å²) in [6.45, 7) is 7.57. The summed E-state index contributed by atoms with van der Waals surface area (Å²) in [5.74, 6) is 0.413. The number of benzene rings is 1. The molecule has 0 bridgehead atoms. The Hall–Kier alpha value is -2.24. The number of piperidine rings is 1. The first-order chi connectivity index (χ1) is 11.5. The number of nitrogens with zero attached hydrogens (tertiary/aromatic N) is 2. The molecule has 6 nitrogen and oxygen atoms in total. The molecule has 24 heavy (non-hydrogen) atoms. The molecular formula is C18H26N4O2. The number of urea groups is 1. The molecule has 1 saturated heterocycles. The third-order valence-electron chi connectivity index (χ3n) is 5.09. The fourth-order valence-electron chi connectivity index (χ4n) is 3.22. The number of likely N-dealkylation sites (tertiary alicyclic amines) is 1. The normalized spacial score (nSPS) is 17.4. The number of rotatable bonds is 3. The van der Waals surface area contributed by atoms with Gasteiger partial charge in [-0.3, -0.25) is 4.57 Å². The number of H-pyrrole nitrogens is 1. The van der Waals surface area contributed by atoms with Gasteiger partial charge in [-0.15, -0.1) is 0 Å². The van der Waals surface area contributed by atoms with Crippen molar-refractivity contribution in [2.24, 2.45) is 5.92 Å². The summed E-state index contributed by atoms with van der Waals surface area (Å²) in [7, 11) is 0. The summed E-state index contributed by atoms with van der Waals surface area (Å²) in [6.07, 6.45) is 1.59. The zero-order chi connectivity index (χ0) is 17.3. The summed E-state index contributed by atoms with van der Waals surface area (Å²) >= 11 is 0. The number of fused-ring (bicyclic) bond motifs is 1. The third kappa shape index (κ3) is 3.18. The fourth-order valence-corrected chi connectivity index (χ4v) is 3.22. The number of carbonyl (C=O) groups excluding carboxylic acids is 1. The van der Waals surface area contributed by atoms with Gasteiger partial charge >= 0.3 is 11.7 Å². The molecule has 1 unspecified atom stereocenters. The van der Waals surface area contributed by atoms with E-state index in [9.17, 15) is 9.59 Å². The van der Waals surface area contributed by atoms with Crippen molar-refractivity contribution in [3.05, 3.63) is 34.7 Å². The molecule has 1 aliphatic heterocycles. The SMILES string of the molecule is CC(C)C(C)NC(=O)N1CCC(n2c(=O)[nH]c3ccccc32)CC1. The van der Waals surface area contributed by atoms with E-state index >= 15 is 0 Å². The molecule has 0 radical (unpaired) electrons. The van der Waals surface area contributed by atoms with E-state index in [2.05, 4.69) is 24.1 Å². The molecule has 6 heteroatoms. The maximum Gasteiger partial charge on any atom is 0.326 e. The minimum absolute atomic E-state index is 0.000855. The van der Waals surface area contributed by atoms with Gasteiger partial charge in [-0.1, -0.05) is 26.0 Å². The summed E-state index contributed by atoms with van der Waals surface area (Å²) in [5.41, 5.74) is 1.75. The fraction of sp³-hybridized carbons (Fsp3) is 0.556. The lowest BCUT2D eigenvalue weighted by atomic mass is 10.0. The number of hydrogen-bond donors (Lipinski definition) is 2. The molecule has 1 aliphatic rings. The zero-order valence-corrected chi connectivity index (χ0v) is 14.6. The van der Waals surface area contributed by atoms with E-state index in [0.717, 1.165) is 23.9 Å². The Labute approximate surface area is 141 Å². The Morgan fingerprint density at radius 3 is 2.54 bits per heavy atom. The maximum atomic E-state index is 12.3. The lowest BCUT2D eigenvalue weighted by Crippen LogP contribution is -2.48. The van der Waals surface area contributed by atoms with Crippen LogP contribution in [0.25, 0.3) is 11.0 Å². The zero-order valence-electron chi connectivity index (χ0n) is 14.6. The highest BCUT2D eigenvalue weighted by atomic mass is 16.2. The Bertz CT molecular complexity index is 769. The van der Waals surface area contributed by atoms with Crippen LogP contribution in [0.15, 0.2) is 29.1 Å². The van der Waals surface area contributed by atoms with E-state index in [1.807, 2.05) is 40.7 Å². The molecule has 2 aromatic rings. The number of carbonyl (C=O) groups is 1. The number of imidazole rings is 1. The second-order valence-corrected chi connectivity index (χ2v) is 7.02. The molecule has 1 aromatic heterocycles. The predicted molar refractivity (Wildman–Crippen MR) is 95.2 cm³/mol. The summed E-state index contributed by atoms with van der Waals surface area (Å²) in [4.78, 5) is 29.4.